The fourth-order valence-electron chi connectivity index (χ4n) is 3.07. The molecule has 6 nitrogen and oxygen atoms in total. The molecule has 8 heteroatoms. The summed E-state index contributed by atoms with van der Waals surface area (Å²) in [4.78, 5) is 25.9. The fraction of sp³-hybridized carbons (Fsp3) is 0.217. The molecule has 1 atom stereocenters. The van der Waals surface area contributed by atoms with E-state index in [2.05, 4.69) is 5.32 Å². The normalized spacial score (nSPS) is 11.5. The lowest BCUT2D eigenvalue weighted by Crippen LogP contribution is -2.30. The zero-order valence-electron chi connectivity index (χ0n) is 17.3. The molecule has 0 spiro atoms. The summed E-state index contributed by atoms with van der Waals surface area (Å²) >= 11 is 1.17. The van der Waals surface area contributed by atoms with E-state index < -0.39 is 12.0 Å². The van der Waals surface area contributed by atoms with Crippen LogP contribution in [0.15, 0.2) is 54.6 Å². The number of carbonyl (C=O) groups is 2. The minimum atomic E-state index is -0.654. The lowest BCUT2D eigenvalue weighted by Gasteiger charge is -2.19. The van der Waals surface area contributed by atoms with Gasteiger partial charge in [-0.15, -0.1) is 11.3 Å². The van der Waals surface area contributed by atoms with Crippen LogP contribution in [0.25, 0.3) is 10.4 Å². The fourth-order valence-corrected chi connectivity index (χ4v) is 4.00. The molecule has 2 aromatic carbocycles. The van der Waals surface area contributed by atoms with Gasteiger partial charge in [0, 0.05) is 10.4 Å². The summed E-state index contributed by atoms with van der Waals surface area (Å²) in [5.74, 6) is -0.205. The molecule has 0 saturated carbocycles. The van der Waals surface area contributed by atoms with Crippen molar-refractivity contribution in [2.24, 2.45) is 0 Å². The van der Waals surface area contributed by atoms with E-state index in [1.165, 1.54) is 38.7 Å². The number of methoxy groups -OCH3 is 3. The monoisotopic (exact) mass is 443 g/mol. The third-order valence-electron chi connectivity index (χ3n) is 4.68. The summed E-state index contributed by atoms with van der Waals surface area (Å²) in [5, 5.41) is 2.86. The molecule has 0 aliphatic carbocycles. The molecule has 3 rings (SSSR count). The second kappa shape index (κ2) is 10.1. The lowest BCUT2D eigenvalue weighted by molar-refractivity contribution is -0.141. The van der Waals surface area contributed by atoms with Crippen molar-refractivity contribution in [1.29, 1.82) is 0 Å². The van der Waals surface area contributed by atoms with E-state index in [1.54, 1.807) is 48.5 Å². The molecule has 162 valence electrons. The summed E-state index contributed by atoms with van der Waals surface area (Å²) in [7, 11) is 4.32. The summed E-state index contributed by atoms with van der Waals surface area (Å²) in [5.41, 5.74) is 1.08. The molecule has 1 N–H and O–H groups in total. The average molecular weight is 443 g/mol. The number of hydrogen-bond donors (Lipinski definition) is 1. The first-order valence-corrected chi connectivity index (χ1v) is 10.2. The van der Waals surface area contributed by atoms with E-state index >= 15 is 0 Å². The highest BCUT2D eigenvalue weighted by Gasteiger charge is 2.22. The number of hydrogen-bond acceptors (Lipinski definition) is 6. The number of benzene rings is 2. The van der Waals surface area contributed by atoms with Gasteiger partial charge in [0.25, 0.3) is 5.91 Å². The van der Waals surface area contributed by atoms with Gasteiger partial charge in [-0.3, -0.25) is 9.59 Å². The number of carbonyl (C=O) groups excluding carboxylic acids is 2. The Labute approximate surface area is 183 Å². The summed E-state index contributed by atoms with van der Waals surface area (Å²) < 4.78 is 29.4. The molecular formula is C23H22FNO5S. The van der Waals surface area contributed by atoms with Crippen LogP contribution in [0.4, 0.5) is 4.39 Å². The topological polar surface area (TPSA) is 73.9 Å². The predicted octanol–water partition coefficient (Wildman–Crippen LogP) is 4.61. The highest BCUT2D eigenvalue weighted by molar-refractivity contribution is 7.17. The van der Waals surface area contributed by atoms with E-state index in [0.29, 0.717) is 32.4 Å². The van der Waals surface area contributed by atoms with Gasteiger partial charge in [-0.05, 0) is 35.9 Å². The number of thiophene rings is 1. The van der Waals surface area contributed by atoms with Gasteiger partial charge in [-0.2, -0.15) is 0 Å². The van der Waals surface area contributed by atoms with Gasteiger partial charge in [0.15, 0.2) is 11.5 Å². The molecule has 1 amide bonds. The Balaban J connectivity index is 1.86. The molecule has 0 fully saturated rings. The van der Waals surface area contributed by atoms with E-state index in [-0.39, 0.29) is 18.1 Å². The van der Waals surface area contributed by atoms with Gasteiger partial charge in [0.2, 0.25) is 0 Å². The molecule has 0 bridgehead atoms. The number of rotatable bonds is 8. The maximum atomic E-state index is 14.1. The molecule has 31 heavy (non-hydrogen) atoms. The van der Waals surface area contributed by atoms with Crippen LogP contribution in [0.2, 0.25) is 0 Å². The van der Waals surface area contributed by atoms with Crippen molar-refractivity contribution >= 4 is 23.2 Å². The molecule has 3 aromatic rings. The van der Waals surface area contributed by atoms with Crippen LogP contribution >= 0.6 is 11.3 Å². The van der Waals surface area contributed by atoms with Crippen LogP contribution in [0.1, 0.15) is 27.7 Å². The minimum absolute atomic E-state index is 0.0662. The van der Waals surface area contributed by atoms with Crippen molar-refractivity contribution in [2.45, 2.75) is 12.5 Å². The van der Waals surface area contributed by atoms with Crippen molar-refractivity contribution in [3.05, 3.63) is 70.9 Å². The zero-order valence-corrected chi connectivity index (χ0v) is 18.1. The van der Waals surface area contributed by atoms with Crippen LogP contribution < -0.4 is 14.8 Å². The Hall–Kier alpha value is -3.39. The first-order valence-electron chi connectivity index (χ1n) is 9.41. The van der Waals surface area contributed by atoms with E-state index in [0.717, 1.165) is 0 Å². The van der Waals surface area contributed by atoms with Gasteiger partial charge < -0.3 is 19.5 Å². The van der Waals surface area contributed by atoms with Crippen LogP contribution in [0.3, 0.4) is 0 Å². The Morgan fingerprint density at radius 3 is 2.42 bits per heavy atom. The molecule has 0 radical (unpaired) electrons. The van der Waals surface area contributed by atoms with Crippen molar-refractivity contribution in [3.63, 3.8) is 0 Å². The van der Waals surface area contributed by atoms with Gasteiger partial charge in [0.05, 0.1) is 38.7 Å². The Morgan fingerprint density at radius 1 is 1.00 bits per heavy atom. The molecule has 1 unspecified atom stereocenters. The number of ether oxygens (including phenoxy) is 3. The minimum Gasteiger partial charge on any atom is -0.493 e. The van der Waals surface area contributed by atoms with Crippen molar-refractivity contribution in [1.82, 2.24) is 5.32 Å². The number of esters is 1. The molecular weight excluding hydrogens is 421 g/mol. The maximum Gasteiger partial charge on any atom is 0.307 e. The van der Waals surface area contributed by atoms with E-state index in [1.807, 2.05) is 0 Å². The van der Waals surface area contributed by atoms with Gasteiger partial charge in [-0.25, -0.2) is 4.39 Å². The number of halogens is 1. The highest BCUT2D eigenvalue weighted by atomic mass is 32.1. The first kappa shape index (κ1) is 22.3. The van der Waals surface area contributed by atoms with Crippen LogP contribution in [0.5, 0.6) is 11.5 Å². The van der Waals surface area contributed by atoms with Crippen LogP contribution in [-0.2, 0) is 9.53 Å². The molecule has 0 aliphatic rings. The third kappa shape index (κ3) is 5.21. The summed E-state index contributed by atoms with van der Waals surface area (Å²) in [6.07, 6.45) is -0.0662. The zero-order chi connectivity index (χ0) is 22.4. The standard InChI is InChI=1S/C23H22FNO5S/c1-28-18-9-8-14(12-19(18)29-2)17(13-22(26)30-3)25-23(27)21-11-10-20(31-21)15-6-4-5-7-16(15)24/h4-12,17H,13H2,1-3H3,(H,25,27). The summed E-state index contributed by atoms with van der Waals surface area (Å²) in [6.45, 7) is 0. The third-order valence-corrected chi connectivity index (χ3v) is 5.80. The first-order chi connectivity index (χ1) is 15.0. The molecule has 0 aliphatic heterocycles. The van der Waals surface area contributed by atoms with Crippen molar-refractivity contribution in [3.8, 4) is 21.9 Å². The SMILES string of the molecule is COC(=O)CC(NC(=O)c1ccc(-c2ccccc2F)s1)c1ccc(OC)c(OC)c1. The van der Waals surface area contributed by atoms with E-state index in [4.69, 9.17) is 14.2 Å². The summed E-state index contributed by atoms with van der Waals surface area (Å²) in [6, 6.07) is 14.2. The van der Waals surface area contributed by atoms with Crippen molar-refractivity contribution in [2.75, 3.05) is 21.3 Å². The quantitative estimate of drug-likeness (QED) is 0.515. The van der Waals surface area contributed by atoms with Crippen molar-refractivity contribution < 1.29 is 28.2 Å². The van der Waals surface area contributed by atoms with Gasteiger partial charge in [0.1, 0.15) is 5.82 Å². The molecule has 1 heterocycles. The van der Waals surface area contributed by atoms with Crippen LogP contribution in [0, 0.1) is 5.82 Å². The van der Waals surface area contributed by atoms with Gasteiger partial charge in [-0.1, -0.05) is 24.3 Å². The Morgan fingerprint density at radius 2 is 1.74 bits per heavy atom. The Kier molecular flexibility index (Phi) is 7.25. The molecule has 1 aromatic heterocycles. The second-order valence-corrected chi connectivity index (χ2v) is 7.65. The molecule has 0 saturated heterocycles. The predicted molar refractivity (Wildman–Crippen MR) is 116 cm³/mol. The Bertz CT molecular complexity index is 1080. The maximum absolute atomic E-state index is 14.1. The second-order valence-electron chi connectivity index (χ2n) is 6.56. The lowest BCUT2D eigenvalue weighted by atomic mass is 10.0. The number of amides is 1. The highest BCUT2D eigenvalue weighted by Crippen LogP contribution is 2.33. The smallest absolute Gasteiger partial charge is 0.307 e. The largest absolute Gasteiger partial charge is 0.493 e. The van der Waals surface area contributed by atoms with E-state index in [9.17, 15) is 14.0 Å². The van der Waals surface area contributed by atoms with Gasteiger partial charge >= 0.3 is 5.97 Å². The van der Waals surface area contributed by atoms with Crippen LogP contribution in [-0.4, -0.2) is 33.2 Å². The average Bonchev–Trinajstić information content (AvgIpc) is 3.28. The number of nitrogens with one attached hydrogen (secondary N) is 1.